The van der Waals surface area contributed by atoms with Crippen LogP contribution >= 0.6 is 12.2 Å². The number of aromatic amines is 1. The van der Waals surface area contributed by atoms with Crippen LogP contribution in [0.3, 0.4) is 0 Å². The summed E-state index contributed by atoms with van der Waals surface area (Å²) in [4.78, 5) is 14.8. The van der Waals surface area contributed by atoms with Gasteiger partial charge in [0.15, 0.2) is 0 Å². The predicted octanol–water partition coefficient (Wildman–Crippen LogP) is 3.56. The van der Waals surface area contributed by atoms with Crippen LogP contribution in [0, 0.1) is 4.64 Å². The maximum Gasteiger partial charge on any atom is 0.331 e. The fourth-order valence-corrected chi connectivity index (χ4v) is 2.33. The van der Waals surface area contributed by atoms with E-state index in [2.05, 4.69) is 4.98 Å². The van der Waals surface area contributed by atoms with Gasteiger partial charge < -0.3 is 0 Å². The smallest absolute Gasteiger partial charge is 0.297 e. The van der Waals surface area contributed by atoms with E-state index < -0.39 is 0 Å². The number of rotatable bonds is 2. The fraction of sp³-hybridized carbons (Fsp3) is 0. The Kier molecular flexibility index (Phi) is 3.31. The summed E-state index contributed by atoms with van der Waals surface area (Å²) < 4.78 is 2.02. The maximum absolute atomic E-state index is 12.1. The second kappa shape index (κ2) is 5.27. The van der Waals surface area contributed by atoms with Crippen LogP contribution in [0.15, 0.2) is 71.7 Å². The van der Waals surface area contributed by atoms with Crippen molar-refractivity contribution in [1.29, 1.82) is 0 Å². The lowest BCUT2D eigenvalue weighted by molar-refractivity contribution is 0.911. The molecule has 3 nitrogen and oxygen atoms in total. The molecule has 0 amide bonds. The molecule has 98 valence electrons. The van der Waals surface area contributed by atoms with E-state index in [1.165, 1.54) is 0 Å². The molecule has 3 rings (SSSR count). The number of hydrogen-bond donors (Lipinski definition) is 1. The Hall–Kier alpha value is -2.46. The van der Waals surface area contributed by atoms with Crippen LogP contribution in [0.2, 0.25) is 0 Å². The molecule has 20 heavy (non-hydrogen) atoms. The first-order valence-corrected chi connectivity index (χ1v) is 6.63. The summed E-state index contributed by atoms with van der Waals surface area (Å²) in [6.45, 7) is 0. The summed E-state index contributed by atoms with van der Waals surface area (Å²) in [5, 5.41) is 0. The number of hydrogen-bond acceptors (Lipinski definition) is 2. The lowest BCUT2D eigenvalue weighted by Gasteiger charge is -2.08. The Balaban J connectivity index is 2.24. The molecule has 1 aromatic heterocycles. The van der Waals surface area contributed by atoms with Crippen molar-refractivity contribution in [2.75, 3.05) is 0 Å². The highest BCUT2D eigenvalue weighted by molar-refractivity contribution is 7.71. The lowest BCUT2D eigenvalue weighted by atomic mass is 10.1. The van der Waals surface area contributed by atoms with E-state index in [1.807, 2.05) is 60.7 Å². The molecule has 3 aromatic rings. The zero-order chi connectivity index (χ0) is 13.9. The van der Waals surface area contributed by atoms with Gasteiger partial charge in [-0.25, -0.2) is 4.79 Å². The summed E-state index contributed by atoms with van der Waals surface area (Å²) in [7, 11) is 0. The van der Waals surface area contributed by atoms with Crippen molar-refractivity contribution < 1.29 is 0 Å². The molecule has 0 spiro atoms. The van der Waals surface area contributed by atoms with Crippen LogP contribution in [0.5, 0.6) is 0 Å². The molecule has 1 heterocycles. The number of nitrogens with zero attached hydrogens (tertiary/aromatic N) is 1. The molecule has 1 N–H and O–H groups in total. The summed E-state index contributed by atoms with van der Waals surface area (Å²) >= 11 is 5.26. The third-order valence-electron chi connectivity index (χ3n) is 3.06. The number of benzene rings is 2. The van der Waals surface area contributed by atoms with Crippen molar-refractivity contribution in [3.63, 3.8) is 0 Å². The Bertz CT molecular complexity index is 767. The van der Waals surface area contributed by atoms with Crippen molar-refractivity contribution in [3.05, 3.63) is 82.0 Å². The minimum atomic E-state index is -0.235. The third kappa shape index (κ3) is 2.33. The van der Waals surface area contributed by atoms with E-state index in [-0.39, 0.29) is 5.69 Å². The molecule has 0 bridgehead atoms. The Morgan fingerprint density at radius 2 is 1.50 bits per heavy atom. The quantitative estimate of drug-likeness (QED) is 0.729. The molecular weight excluding hydrogens is 268 g/mol. The van der Waals surface area contributed by atoms with Crippen molar-refractivity contribution in [1.82, 2.24) is 9.55 Å². The lowest BCUT2D eigenvalue weighted by Crippen LogP contribution is -2.21. The number of aromatic nitrogens is 2. The molecule has 0 fully saturated rings. The highest BCUT2D eigenvalue weighted by Gasteiger charge is 2.05. The fourth-order valence-electron chi connectivity index (χ4n) is 2.07. The van der Waals surface area contributed by atoms with Gasteiger partial charge in [-0.1, -0.05) is 60.7 Å². The van der Waals surface area contributed by atoms with Gasteiger partial charge in [0, 0.05) is 11.8 Å². The van der Waals surface area contributed by atoms with Crippen LogP contribution in [-0.4, -0.2) is 9.55 Å². The molecule has 0 aliphatic rings. The third-order valence-corrected chi connectivity index (χ3v) is 3.38. The van der Waals surface area contributed by atoms with E-state index in [4.69, 9.17) is 12.2 Å². The summed E-state index contributed by atoms with van der Waals surface area (Å²) in [6.07, 6.45) is 1.78. The molecule has 2 aromatic carbocycles. The van der Waals surface area contributed by atoms with E-state index in [0.717, 1.165) is 16.8 Å². The molecule has 0 saturated carbocycles. The molecule has 4 heteroatoms. The van der Waals surface area contributed by atoms with Crippen molar-refractivity contribution in [2.45, 2.75) is 0 Å². The minimum Gasteiger partial charge on any atom is -0.297 e. The molecule has 0 radical (unpaired) electrons. The van der Waals surface area contributed by atoms with Crippen molar-refractivity contribution in [2.24, 2.45) is 0 Å². The van der Waals surface area contributed by atoms with E-state index in [0.29, 0.717) is 4.64 Å². The number of H-pyrrole nitrogens is 1. The molecule has 0 atom stereocenters. The topological polar surface area (TPSA) is 37.8 Å². The molecular formula is C16H12N2OS. The standard InChI is InChI=1S/C16H12N2OS/c19-16-17-15(20)14(12-7-3-1-4-8-12)11-18(16)13-9-5-2-6-10-13/h1-11H,(H,17,19,20). The largest absolute Gasteiger partial charge is 0.331 e. The Morgan fingerprint density at radius 1 is 0.900 bits per heavy atom. The molecule has 0 saturated heterocycles. The van der Waals surface area contributed by atoms with Gasteiger partial charge in [-0.2, -0.15) is 0 Å². The normalized spacial score (nSPS) is 10.4. The Labute approximate surface area is 121 Å². The van der Waals surface area contributed by atoms with Gasteiger partial charge in [-0.15, -0.1) is 0 Å². The van der Waals surface area contributed by atoms with Gasteiger partial charge in [-0.3, -0.25) is 9.55 Å². The van der Waals surface area contributed by atoms with E-state index in [1.54, 1.807) is 10.8 Å². The number of para-hydroxylation sites is 1. The van der Waals surface area contributed by atoms with Crippen LogP contribution in [-0.2, 0) is 0 Å². The van der Waals surface area contributed by atoms with Crippen LogP contribution in [0.25, 0.3) is 16.8 Å². The summed E-state index contributed by atoms with van der Waals surface area (Å²) in [5.41, 5.74) is 2.39. The van der Waals surface area contributed by atoms with Crippen LogP contribution in [0.4, 0.5) is 0 Å². The SMILES string of the molecule is O=c1[nH]c(=S)c(-c2ccccc2)cn1-c1ccccc1. The first-order valence-electron chi connectivity index (χ1n) is 6.22. The van der Waals surface area contributed by atoms with Gasteiger partial charge in [-0.05, 0) is 17.7 Å². The minimum absolute atomic E-state index is 0.235. The Morgan fingerprint density at radius 3 is 2.15 bits per heavy atom. The van der Waals surface area contributed by atoms with Gasteiger partial charge in [0.1, 0.15) is 4.64 Å². The van der Waals surface area contributed by atoms with Crippen LogP contribution in [0.1, 0.15) is 0 Å². The molecule has 0 unspecified atom stereocenters. The summed E-state index contributed by atoms with van der Waals surface area (Å²) in [5.74, 6) is 0. The summed E-state index contributed by atoms with van der Waals surface area (Å²) in [6, 6.07) is 19.3. The zero-order valence-corrected chi connectivity index (χ0v) is 11.4. The highest BCUT2D eigenvalue weighted by atomic mass is 32.1. The second-order valence-corrected chi connectivity index (χ2v) is 4.78. The monoisotopic (exact) mass is 280 g/mol. The predicted molar refractivity (Wildman–Crippen MR) is 82.7 cm³/mol. The first kappa shape index (κ1) is 12.6. The van der Waals surface area contributed by atoms with E-state index >= 15 is 0 Å². The second-order valence-electron chi connectivity index (χ2n) is 4.37. The van der Waals surface area contributed by atoms with Gasteiger partial charge in [0.05, 0.1) is 5.69 Å². The van der Waals surface area contributed by atoms with Gasteiger partial charge >= 0.3 is 5.69 Å². The first-order chi connectivity index (χ1) is 9.75. The number of nitrogens with one attached hydrogen (secondary N) is 1. The zero-order valence-electron chi connectivity index (χ0n) is 10.6. The van der Waals surface area contributed by atoms with E-state index in [9.17, 15) is 4.79 Å². The van der Waals surface area contributed by atoms with Crippen molar-refractivity contribution in [3.8, 4) is 16.8 Å². The van der Waals surface area contributed by atoms with Gasteiger partial charge in [0.25, 0.3) is 0 Å². The van der Waals surface area contributed by atoms with Crippen LogP contribution < -0.4 is 5.69 Å². The van der Waals surface area contributed by atoms with Gasteiger partial charge in [0.2, 0.25) is 0 Å². The average Bonchev–Trinajstić information content (AvgIpc) is 2.49. The average molecular weight is 280 g/mol. The van der Waals surface area contributed by atoms with Crippen molar-refractivity contribution >= 4 is 12.2 Å². The molecule has 0 aliphatic heterocycles. The maximum atomic E-state index is 12.1. The molecule has 0 aliphatic carbocycles. The highest BCUT2D eigenvalue weighted by Crippen LogP contribution is 2.19.